The quantitative estimate of drug-likeness (QED) is 0.800. The molecule has 0 spiro atoms. The Morgan fingerprint density at radius 1 is 1.35 bits per heavy atom. The summed E-state index contributed by atoms with van der Waals surface area (Å²) in [6, 6.07) is 5.59. The number of nitrogen functional groups attached to an aromatic ring is 1. The zero-order valence-corrected chi connectivity index (χ0v) is 14.0. The highest BCUT2D eigenvalue weighted by molar-refractivity contribution is 9.10. The van der Waals surface area contributed by atoms with Gasteiger partial charge in [0.25, 0.3) is 0 Å². The van der Waals surface area contributed by atoms with Gasteiger partial charge in [0.1, 0.15) is 0 Å². The molecule has 1 aliphatic heterocycles. The fraction of sp³-hybridized carbons (Fsp3) is 0.538. The van der Waals surface area contributed by atoms with E-state index in [1.165, 1.54) is 0 Å². The Hall–Kier alpha value is -0.630. The van der Waals surface area contributed by atoms with E-state index in [1.54, 1.807) is 22.5 Å². The summed E-state index contributed by atoms with van der Waals surface area (Å²) in [4.78, 5) is 0. The van der Waals surface area contributed by atoms with Crippen molar-refractivity contribution >= 4 is 31.6 Å². The van der Waals surface area contributed by atoms with Crippen LogP contribution in [-0.2, 0) is 15.8 Å². The first-order chi connectivity index (χ1) is 9.28. The molecule has 1 aliphatic rings. The van der Waals surface area contributed by atoms with Crippen molar-refractivity contribution in [3.63, 3.8) is 0 Å². The van der Waals surface area contributed by atoms with Crippen molar-refractivity contribution in [2.45, 2.75) is 31.7 Å². The summed E-state index contributed by atoms with van der Waals surface area (Å²) in [5.41, 5.74) is 7.06. The smallest absolute Gasteiger partial charge is 0.218 e. The Bertz CT molecular complexity index is 581. The summed E-state index contributed by atoms with van der Waals surface area (Å²) < 4.78 is 27.3. The van der Waals surface area contributed by atoms with Crippen molar-refractivity contribution in [3.05, 3.63) is 28.2 Å². The minimum Gasteiger partial charge on any atom is -0.398 e. The highest BCUT2D eigenvalue weighted by atomic mass is 79.9. The predicted octanol–water partition coefficient (Wildman–Crippen LogP) is 1.54. The number of halogens is 1. The molecule has 3 N–H and O–H groups in total. The summed E-state index contributed by atoms with van der Waals surface area (Å²) in [6.07, 6.45) is 0. The van der Waals surface area contributed by atoms with E-state index in [0.29, 0.717) is 18.8 Å². The second-order valence-corrected chi connectivity index (χ2v) is 8.22. The van der Waals surface area contributed by atoms with Crippen LogP contribution in [0.3, 0.4) is 0 Å². The first-order valence-electron chi connectivity index (χ1n) is 6.55. The molecule has 0 bridgehead atoms. The first-order valence-corrected chi connectivity index (χ1v) is 8.96. The van der Waals surface area contributed by atoms with Gasteiger partial charge >= 0.3 is 0 Å². The maximum atomic E-state index is 12.5. The van der Waals surface area contributed by atoms with Gasteiger partial charge in [-0.2, -0.15) is 4.31 Å². The average Bonchev–Trinajstić information content (AvgIpc) is 2.32. The molecule has 2 atom stereocenters. The molecule has 1 aromatic rings. The Labute approximate surface area is 128 Å². The highest BCUT2D eigenvalue weighted by Gasteiger charge is 2.30. The van der Waals surface area contributed by atoms with Gasteiger partial charge in [0.2, 0.25) is 10.0 Å². The lowest BCUT2D eigenvalue weighted by Gasteiger charge is -2.35. The second kappa shape index (κ2) is 6.01. The highest BCUT2D eigenvalue weighted by Crippen LogP contribution is 2.23. The van der Waals surface area contributed by atoms with Gasteiger partial charge in [0.05, 0.1) is 5.75 Å². The molecule has 1 unspecified atom stereocenters. The molecule has 1 saturated heterocycles. The van der Waals surface area contributed by atoms with Crippen LogP contribution in [-0.4, -0.2) is 37.9 Å². The van der Waals surface area contributed by atoms with Crippen LogP contribution in [0.15, 0.2) is 22.7 Å². The number of benzene rings is 1. The van der Waals surface area contributed by atoms with Crippen LogP contribution in [0.1, 0.15) is 19.4 Å². The molecule has 0 saturated carbocycles. The topological polar surface area (TPSA) is 75.4 Å². The maximum Gasteiger partial charge on any atom is 0.218 e. The van der Waals surface area contributed by atoms with Crippen LogP contribution < -0.4 is 11.1 Å². The molecule has 2 rings (SSSR count). The van der Waals surface area contributed by atoms with Crippen molar-refractivity contribution in [3.8, 4) is 0 Å². The third kappa shape index (κ3) is 3.72. The van der Waals surface area contributed by atoms with E-state index >= 15 is 0 Å². The Kier molecular flexibility index (Phi) is 4.73. The van der Waals surface area contributed by atoms with Crippen molar-refractivity contribution < 1.29 is 8.42 Å². The standard InChI is InChI=1S/C13H20BrN3O2S/c1-9-6-17(7-10(2)16-9)20(18,19)8-11-3-4-13(15)12(14)5-11/h3-5,9-10,16H,6-8,15H2,1-2H3/t9-,10?/m0/s1. The van der Waals surface area contributed by atoms with E-state index in [1.807, 2.05) is 13.8 Å². The second-order valence-electron chi connectivity index (χ2n) is 5.40. The van der Waals surface area contributed by atoms with Gasteiger partial charge < -0.3 is 11.1 Å². The van der Waals surface area contributed by atoms with Crippen LogP contribution in [0.4, 0.5) is 5.69 Å². The van der Waals surface area contributed by atoms with E-state index < -0.39 is 10.0 Å². The molecule has 112 valence electrons. The summed E-state index contributed by atoms with van der Waals surface area (Å²) >= 11 is 3.33. The van der Waals surface area contributed by atoms with Crippen LogP contribution in [0, 0.1) is 0 Å². The van der Waals surface area contributed by atoms with Crippen molar-refractivity contribution in [1.82, 2.24) is 9.62 Å². The molecule has 0 aromatic heterocycles. The van der Waals surface area contributed by atoms with Crippen LogP contribution in [0.5, 0.6) is 0 Å². The molecule has 1 fully saturated rings. The number of piperazine rings is 1. The lowest BCUT2D eigenvalue weighted by atomic mass is 10.2. The minimum atomic E-state index is -3.30. The number of anilines is 1. The molecular formula is C13H20BrN3O2S. The largest absolute Gasteiger partial charge is 0.398 e. The average molecular weight is 362 g/mol. The van der Waals surface area contributed by atoms with E-state index in [2.05, 4.69) is 21.2 Å². The summed E-state index contributed by atoms with van der Waals surface area (Å²) in [7, 11) is -3.30. The van der Waals surface area contributed by atoms with Crippen molar-refractivity contribution in [2.24, 2.45) is 0 Å². The van der Waals surface area contributed by atoms with Gasteiger partial charge in [-0.05, 0) is 47.5 Å². The van der Waals surface area contributed by atoms with Crippen LogP contribution in [0.2, 0.25) is 0 Å². The third-order valence-electron chi connectivity index (χ3n) is 3.33. The number of nitrogens with zero attached hydrogens (tertiary/aromatic N) is 1. The Balaban J connectivity index is 2.16. The number of hydrogen-bond donors (Lipinski definition) is 2. The number of hydrogen-bond acceptors (Lipinski definition) is 4. The zero-order chi connectivity index (χ0) is 14.9. The molecule has 20 heavy (non-hydrogen) atoms. The number of nitrogens with two attached hydrogens (primary N) is 1. The summed E-state index contributed by atoms with van der Waals surface area (Å²) in [5, 5.41) is 3.33. The lowest BCUT2D eigenvalue weighted by Crippen LogP contribution is -2.55. The fourth-order valence-corrected chi connectivity index (χ4v) is 4.58. The van der Waals surface area contributed by atoms with Gasteiger partial charge in [-0.15, -0.1) is 0 Å². The molecule has 0 aliphatic carbocycles. The van der Waals surface area contributed by atoms with Gasteiger partial charge in [-0.3, -0.25) is 0 Å². The summed E-state index contributed by atoms with van der Waals surface area (Å²) in [6.45, 7) is 5.03. The zero-order valence-electron chi connectivity index (χ0n) is 11.6. The van der Waals surface area contributed by atoms with Gasteiger partial charge in [0, 0.05) is 35.3 Å². The normalized spacial score (nSPS) is 24.8. The van der Waals surface area contributed by atoms with E-state index in [0.717, 1.165) is 10.0 Å². The monoisotopic (exact) mass is 361 g/mol. The number of sulfonamides is 1. The van der Waals surface area contributed by atoms with Gasteiger partial charge in [-0.1, -0.05) is 6.07 Å². The summed E-state index contributed by atoms with van der Waals surface area (Å²) in [5.74, 6) is 0.00528. The van der Waals surface area contributed by atoms with Gasteiger partial charge in [-0.25, -0.2) is 8.42 Å². The van der Waals surface area contributed by atoms with Gasteiger partial charge in [0.15, 0.2) is 0 Å². The van der Waals surface area contributed by atoms with E-state index in [9.17, 15) is 8.42 Å². The number of nitrogens with one attached hydrogen (secondary N) is 1. The van der Waals surface area contributed by atoms with E-state index in [-0.39, 0.29) is 17.8 Å². The molecule has 1 heterocycles. The Morgan fingerprint density at radius 2 is 1.95 bits per heavy atom. The van der Waals surface area contributed by atoms with Crippen LogP contribution >= 0.6 is 15.9 Å². The minimum absolute atomic E-state index is 0.00528. The molecule has 1 aromatic carbocycles. The fourth-order valence-electron chi connectivity index (χ4n) is 2.47. The van der Waals surface area contributed by atoms with Crippen LogP contribution in [0.25, 0.3) is 0 Å². The molecule has 0 amide bonds. The molecule has 7 heteroatoms. The SMILES string of the molecule is CC1CN(S(=O)(=O)Cc2ccc(N)c(Br)c2)C[C@H](C)N1. The Morgan fingerprint density at radius 3 is 2.50 bits per heavy atom. The van der Waals surface area contributed by atoms with Crippen molar-refractivity contribution in [2.75, 3.05) is 18.8 Å². The molecular weight excluding hydrogens is 342 g/mol. The van der Waals surface area contributed by atoms with Crippen molar-refractivity contribution in [1.29, 1.82) is 0 Å². The predicted molar refractivity (Wildman–Crippen MR) is 84.8 cm³/mol. The first kappa shape index (κ1) is 15.8. The number of rotatable bonds is 3. The maximum absolute atomic E-state index is 12.5. The molecule has 0 radical (unpaired) electrons. The lowest BCUT2D eigenvalue weighted by molar-refractivity contribution is 0.262. The third-order valence-corrected chi connectivity index (χ3v) is 5.80. The van der Waals surface area contributed by atoms with E-state index in [4.69, 9.17) is 5.73 Å². The molecule has 5 nitrogen and oxygen atoms in total.